The number of pyridine rings is 1. The highest BCUT2D eigenvalue weighted by molar-refractivity contribution is 5.88. The van der Waals surface area contributed by atoms with Crippen molar-refractivity contribution in [3.63, 3.8) is 0 Å². The maximum atomic E-state index is 11.5. The molecule has 0 aliphatic carbocycles. The fraction of sp³-hybridized carbons (Fsp3) is 0.357. The van der Waals surface area contributed by atoms with Gasteiger partial charge in [-0.3, -0.25) is 9.78 Å². The average Bonchev–Trinajstić information content (AvgIpc) is 2.88. The van der Waals surface area contributed by atoms with Crippen LogP contribution in [0.5, 0.6) is 0 Å². The number of benzene rings is 2. The molecule has 1 aromatic heterocycles. The third-order valence-electron chi connectivity index (χ3n) is 6.09. The van der Waals surface area contributed by atoms with Gasteiger partial charge >= 0.3 is 0 Å². The molecule has 1 aliphatic heterocycles. The highest BCUT2D eigenvalue weighted by Crippen LogP contribution is 2.38. The van der Waals surface area contributed by atoms with Gasteiger partial charge in [-0.05, 0) is 42.4 Å². The summed E-state index contributed by atoms with van der Waals surface area (Å²) in [7, 11) is 2.10. The average molecular weight is 476 g/mol. The largest absolute Gasteiger partial charge is 0.392 e. The molecule has 1 fully saturated rings. The van der Waals surface area contributed by atoms with E-state index < -0.39 is 6.29 Å². The summed E-state index contributed by atoms with van der Waals surface area (Å²) >= 11 is 0. The molecule has 0 saturated carbocycles. The quantitative estimate of drug-likeness (QED) is 0.481. The summed E-state index contributed by atoms with van der Waals surface area (Å²) in [5.41, 5.74) is 4.55. The first-order chi connectivity index (χ1) is 17.0. The molecule has 0 radical (unpaired) electrons. The molecule has 3 atom stereocenters. The van der Waals surface area contributed by atoms with Gasteiger partial charge in [-0.2, -0.15) is 0 Å². The van der Waals surface area contributed by atoms with Gasteiger partial charge in [-0.1, -0.05) is 42.5 Å². The number of hydrogen-bond donors (Lipinski definition) is 2. The predicted molar refractivity (Wildman–Crippen MR) is 135 cm³/mol. The van der Waals surface area contributed by atoms with Crippen LogP contribution < -0.4 is 5.32 Å². The van der Waals surface area contributed by atoms with E-state index in [0.29, 0.717) is 12.1 Å². The number of hydrogen-bond acceptors (Lipinski definition) is 6. The van der Waals surface area contributed by atoms with Gasteiger partial charge < -0.3 is 24.8 Å². The Morgan fingerprint density at radius 2 is 1.91 bits per heavy atom. The summed E-state index contributed by atoms with van der Waals surface area (Å²) < 4.78 is 12.8. The molecule has 35 heavy (non-hydrogen) atoms. The molecule has 0 unspecified atom stereocenters. The molecule has 1 aliphatic rings. The smallest absolute Gasteiger partial charge is 0.221 e. The third-order valence-corrected chi connectivity index (χ3v) is 6.09. The number of aliphatic hydroxyl groups is 1. The molecule has 4 rings (SSSR count). The van der Waals surface area contributed by atoms with Crippen molar-refractivity contribution >= 4 is 11.6 Å². The molecule has 7 nitrogen and oxygen atoms in total. The van der Waals surface area contributed by atoms with Gasteiger partial charge in [0.2, 0.25) is 5.91 Å². The lowest BCUT2D eigenvalue weighted by molar-refractivity contribution is -0.252. The minimum atomic E-state index is -0.561. The standard InChI is InChI=1S/C28H33N3O4/c1-20(33)30-25-8-5-6-23(16-25)28-34-26(18-31(2)15-13-24-7-3-4-14-29-24)17-27(35-28)22-11-9-21(19-32)10-12-22/h3-12,14,16,26-28,32H,13,15,17-19H2,1-2H3,(H,30,33)/t26-,27+,28+/m1/s1. The molecular formula is C28H33N3O4. The first kappa shape index (κ1) is 25.0. The van der Waals surface area contributed by atoms with Crippen LogP contribution in [0.15, 0.2) is 72.9 Å². The molecule has 0 spiro atoms. The van der Waals surface area contributed by atoms with Gasteiger partial charge in [0.25, 0.3) is 0 Å². The fourth-order valence-corrected chi connectivity index (χ4v) is 4.29. The minimum absolute atomic E-state index is 0.0111. The second kappa shape index (κ2) is 12.0. The molecule has 7 heteroatoms. The minimum Gasteiger partial charge on any atom is -0.392 e. The topological polar surface area (TPSA) is 83.9 Å². The normalized spacial score (nSPS) is 20.1. The number of anilines is 1. The van der Waals surface area contributed by atoms with Gasteiger partial charge in [0.05, 0.1) is 18.8 Å². The number of aromatic nitrogens is 1. The Balaban J connectivity index is 1.49. The fourth-order valence-electron chi connectivity index (χ4n) is 4.29. The Kier molecular flexibility index (Phi) is 8.60. The number of ether oxygens (including phenoxy) is 2. The molecular weight excluding hydrogens is 442 g/mol. The summed E-state index contributed by atoms with van der Waals surface area (Å²) in [5.74, 6) is -0.123. The maximum Gasteiger partial charge on any atom is 0.221 e. The number of likely N-dealkylation sites (N-methyl/N-ethyl adjacent to an activating group) is 1. The zero-order chi connectivity index (χ0) is 24.6. The van der Waals surface area contributed by atoms with Crippen molar-refractivity contribution in [2.24, 2.45) is 0 Å². The van der Waals surface area contributed by atoms with Crippen LogP contribution in [-0.2, 0) is 27.3 Å². The molecule has 2 heterocycles. The molecule has 0 bridgehead atoms. The van der Waals surface area contributed by atoms with E-state index in [4.69, 9.17) is 9.47 Å². The third kappa shape index (κ3) is 7.19. The van der Waals surface area contributed by atoms with Crippen LogP contribution in [0.4, 0.5) is 5.69 Å². The summed E-state index contributed by atoms with van der Waals surface area (Å²) in [6.45, 7) is 3.12. The lowest BCUT2D eigenvalue weighted by Crippen LogP contribution is -2.38. The monoisotopic (exact) mass is 475 g/mol. The summed E-state index contributed by atoms with van der Waals surface area (Å²) in [4.78, 5) is 18.2. The first-order valence-corrected chi connectivity index (χ1v) is 12.0. The maximum absolute atomic E-state index is 11.5. The van der Waals surface area contributed by atoms with E-state index in [2.05, 4.69) is 22.2 Å². The van der Waals surface area contributed by atoms with Crippen LogP contribution in [0.1, 0.15) is 48.1 Å². The van der Waals surface area contributed by atoms with Crippen LogP contribution in [0.2, 0.25) is 0 Å². The number of rotatable bonds is 9. The molecule has 1 saturated heterocycles. The van der Waals surface area contributed by atoms with Crippen LogP contribution in [-0.4, -0.2) is 47.1 Å². The second-order valence-corrected chi connectivity index (χ2v) is 8.99. The summed E-state index contributed by atoms with van der Waals surface area (Å²) in [5, 5.41) is 12.2. The Labute approximate surface area is 206 Å². The second-order valence-electron chi connectivity index (χ2n) is 8.99. The molecule has 3 aromatic rings. The lowest BCUT2D eigenvalue weighted by Gasteiger charge is -2.38. The number of amides is 1. The summed E-state index contributed by atoms with van der Waals surface area (Å²) in [6.07, 6.45) is 2.65. The summed E-state index contributed by atoms with van der Waals surface area (Å²) in [6, 6.07) is 21.4. The molecule has 2 N–H and O–H groups in total. The van der Waals surface area contributed by atoms with Crippen molar-refractivity contribution in [3.8, 4) is 0 Å². The number of carbonyl (C=O) groups is 1. The van der Waals surface area contributed by atoms with Crippen LogP contribution in [0.25, 0.3) is 0 Å². The molecule has 2 aromatic carbocycles. The lowest BCUT2D eigenvalue weighted by atomic mass is 9.99. The molecule has 184 valence electrons. The van der Waals surface area contributed by atoms with E-state index in [-0.39, 0.29) is 24.7 Å². The number of nitrogens with zero attached hydrogens (tertiary/aromatic N) is 2. The van der Waals surface area contributed by atoms with Crippen molar-refractivity contribution in [2.45, 2.75) is 44.9 Å². The van der Waals surface area contributed by atoms with Crippen molar-refractivity contribution in [1.82, 2.24) is 9.88 Å². The Bertz CT molecular complexity index is 1090. The van der Waals surface area contributed by atoms with Crippen molar-refractivity contribution in [1.29, 1.82) is 0 Å². The van der Waals surface area contributed by atoms with Crippen LogP contribution in [0, 0.1) is 0 Å². The Hall–Kier alpha value is -3.10. The van der Waals surface area contributed by atoms with Crippen LogP contribution >= 0.6 is 0 Å². The van der Waals surface area contributed by atoms with E-state index in [1.807, 2.05) is 72.9 Å². The molecule has 1 amide bonds. The van der Waals surface area contributed by atoms with Crippen molar-refractivity contribution < 1.29 is 19.4 Å². The van der Waals surface area contributed by atoms with E-state index in [9.17, 15) is 9.90 Å². The van der Waals surface area contributed by atoms with Gasteiger partial charge in [0.1, 0.15) is 0 Å². The zero-order valence-electron chi connectivity index (χ0n) is 20.3. The zero-order valence-corrected chi connectivity index (χ0v) is 20.3. The number of aliphatic hydroxyl groups excluding tert-OH is 1. The van der Waals surface area contributed by atoms with E-state index in [0.717, 1.165) is 41.9 Å². The van der Waals surface area contributed by atoms with E-state index in [1.54, 1.807) is 0 Å². The number of carbonyl (C=O) groups excluding carboxylic acids is 1. The van der Waals surface area contributed by atoms with Gasteiger partial charge in [0, 0.05) is 56.0 Å². The van der Waals surface area contributed by atoms with Crippen molar-refractivity contribution in [2.75, 3.05) is 25.5 Å². The van der Waals surface area contributed by atoms with Crippen molar-refractivity contribution in [3.05, 3.63) is 95.3 Å². The van der Waals surface area contributed by atoms with Gasteiger partial charge in [-0.25, -0.2) is 0 Å². The van der Waals surface area contributed by atoms with E-state index in [1.165, 1.54) is 6.92 Å². The first-order valence-electron chi connectivity index (χ1n) is 12.0. The Morgan fingerprint density at radius 1 is 1.09 bits per heavy atom. The van der Waals surface area contributed by atoms with E-state index >= 15 is 0 Å². The van der Waals surface area contributed by atoms with Crippen LogP contribution in [0.3, 0.4) is 0 Å². The Morgan fingerprint density at radius 3 is 2.63 bits per heavy atom. The van der Waals surface area contributed by atoms with Gasteiger partial charge in [0.15, 0.2) is 6.29 Å². The predicted octanol–water partition coefficient (Wildman–Crippen LogP) is 4.25. The highest BCUT2D eigenvalue weighted by atomic mass is 16.7. The SMILES string of the molecule is CC(=O)Nc1cccc([C@H]2O[C@@H](CN(C)CCc3ccccn3)C[C@@H](c3ccc(CO)cc3)O2)c1. The number of nitrogens with one attached hydrogen (secondary N) is 1. The highest BCUT2D eigenvalue weighted by Gasteiger charge is 2.32. The van der Waals surface area contributed by atoms with Gasteiger partial charge in [-0.15, -0.1) is 0 Å².